The van der Waals surface area contributed by atoms with E-state index in [0.717, 1.165) is 38.5 Å². The maximum Gasteiger partial charge on any atom is 0.305 e. The van der Waals surface area contributed by atoms with Gasteiger partial charge in [-0.2, -0.15) is 0 Å². The molecule has 0 spiro atoms. The van der Waals surface area contributed by atoms with Crippen LogP contribution in [0.2, 0.25) is 0 Å². The zero-order chi connectivity index (χ0) is 55.0. The highest BCUT2D eigenvalue weighted by molar-refractivity contribution is 5.76. The lowest BCUT2D eigenvalue weighted by Crippen LogP contribution is -2.45. The number of hydrogen-bond acceptors (Lipinski definition) is 5. The summed E-state index contributed by atoms with van der Waals surface area (Å²) < 4.78 is 5.49. The maximum absolute atomic E-state index is 12.5. The number of carbonyl (C=O) groups is 2. The van der Waals surface area contributed by atoms with Crippen LogP contribution in [0.4, 0.5) is 0 Å². The van der Waals surface area contributed by atoms with Gasteiger partial charge in [-0.15, -0.1) is 0 Å². The Labute approximate surface area is 476 Å². The summed E-state index contributed by atoms with van der Waals surface area (Å²) in [6, 6.07) is -0.541. The number of aliphatic hydroxyl groups is 2. The van der Waals surface area contributed by atoms with Crippen molar-refractivity contribution >= 4 is 11.9 Å². The lowest BCUT2D eigenvalue weighted by Gasteiger charge is -2.22. The molecule has 0 aliphatic rings. The normalized spacial score (nSPS) is 12.4. The highest BCUT2D eigenvalue weighted by atomic mass is 16.5. The highest BCUT2D eigenvalue weighted by Crippen LogP contribution is 2.20. The molecule has 1 amide bonds. The van der Waals surface area contributed by atoms with Crippen LogP contribution in [0.5, 0.6) is 0 Å². The van der Waals surface area contributed by atoms with Gasteiger partial charge in [0.05, 0.1) is 25.4 Å². The number of nitrogens with one attached hydrogen (secondary N) is 1. The lowest BCUT2D eigenvalue weighted by atomic mass is 10.0. The Balaban J connectivity index is 3.36. The third-order valence-electron chi connectivity index (χ3n) is 16.9. The van der Waals surface area contributed by atoms with Gasteiger partial charge in [0.1, 0.15) is 0 Å². The average molecular weight is 1070 g/mol. The molecule has 2 atom stereocenters. The first-order valence-corrected chi connectivity index (χ1v) is 35.3. The molecule has 0 saturated carbocycles. The number of amides is 1. The second-order valence-electron chi connectivity index (χ2n) is 24.6. The van der Waals surface area contributed by atoms with Crippen LogP contribution in [0.3, 0.4) is 0 Å². The van der Waals surface area contributed by atoms with Gasteiger partial charge in [-0.25, -0.2) is 0 Å². The largest absolute Gasteiger partial charge is 0.466 e. The summed E-state index contributed by atoms with van der Waals surface area (Å²) in [5.41, 5.74) is 0. The summed E-state index contributed by atoms with van der Waals surface area (Å²) in [4.78, 5) is 24.6. The maximum atomic E-state index is 12.5. The van der Waals surface area contributed by atoms with E-state index in [0.29, 0.717) is 25.9 Å². The lowest BCUT2D eigenvalue weighted by molar-refractivity contribution is -0.143. The van der Waals surface area contributed by atoms with Gasteiger partial charge in [0.15, 0.2) is 0 Å². The molecule has 0 aromatic carbocycles. The van der Waals surface area contributed by atoms with Crippen LogP contribution in [0.25, 0.3) is 0 Å². The van der Waals surface area contributed by atoms with Crippen molar-refractivity contribution in [3.05, 3.63) is 0 Å². The van der Waals surface area contributed by atoms with Crippen molar-refractivity contribution in [2.45, 2.75) is 424 Å². The summed E-state index contributed by atoms with van der Waals surface area (Å²) in [6.45, 7) is 5.00. The smallest absolute Gasteiger partial charge is 0.305 e. The standard InChI is InChI=1S/C70H139NO5/c1-3-5-7-9-11-13-15-17-19-20-21-22-26-29-32-35-38-42-46-50-54-58-62-68(73)67(66-72)71-69(74)63-59-55-51-47-43-39-36-33-30-27-24-23-25-28-31-34-37-41-45-49-53-57-61-65-76-70(75)64-60-56-52-48-44-40-18-16-14-12-10-8-6-4-2/h67-68,72-73H,3-66H2,1-2H3,(H,71,74). The van der Waals surface area contributed by atoms with Crippen molar-refractivity contribution in [3.63, 3.8) is 0 Å². The first-order chi connectivity index (χ1) is 37.5. The van der Waals surface area contributed by atoms with Gasteiger partial charge < -0.3 is 20.3 Å². The summed E-state index contributed by atoms with van der Waals surface area (Å²) >= 11 is 0. The number of unbranched alkanes of at least 4 members (excludes halogenated alkanes) is 56. The highest BCUT2D eigenvalue weighted by Gasteiger charge is 2.20. The summed E-state index contributed by atoms with van der Waals surface area (Å²) in [7, 11) is 0. The van der Waals surface area contributed by atoms with Gasteiger partial charge in [0.25, 0.3) is 0 Å². The quantitative estimate of drug-likeness (QED) is 0.0417. The molecule has 76 heavy (non-hydrogen) atoms. The van der Waals surface area contributed by atoms with E-state index in [2.05, 4.69) is 19.2 Å². The SMILES string of the molecule is CCCCCCCCCCCCCCCCCCCCCCCCC(O)C(CO)NC(=O)CCCCCCCCCCCCCCCCCCCCCCCCCOC(=O)CCCCCCCCCCCCCCCC. The molecule has 0 heterocycles. The van der Waals surface area contributed by atoms with Crippen molar-refractivity contribution < 1.29 is 24.5 Å². The Morgan fingerprint density at radius 3 is 0.803 bits per heavy atom. The minimum atomic E-state index is -0.664. The minimum absolute atomic E-state index is 0.0182. The van der Waals surface area contributed by atoms with Gasteiger partial charge in [-0.05, 0) is 25.7 Å². The molecule has 6 nitrogen and oxygen atoms in total. The molecular formula is C70H139NO5. The molecule has 0 radical (unpaired) electrons. The monoisotopic (exact) mass is 1070 g/mol. The predicted octanol–water partition coefficient (Wildman–Crippen LogP) is 22.6. The molecule has 6 heteroatoms. The number of esters is 1. The fourth-order valence-corrected chi connectivity index (χ4v) is 11.5. The molecule has 0 saturated heterocycles. The Morgan fingerprint density at radius 1 is 0.316 bits per heavy atom. The molecule has 454 valence electrons. The number of carbonyl (C=O) groups excluding carboxylic acids is 2. The van der Waals surface area contributed by atoms with Crippen LogP contribution < -0.4 is 5.32 Å². The topological polar surface area (TPSA) is 95.9 Å². The summed E-state index contributed by atoms with van der Waals surface area (Å²) in [5.74, 6) is -0.0106. The van der Waals surface area contributed by atoms with E-state index < -0.39 is 12.1 Å². The van der Waals surface area contributed by atoms with Gasteiger partial charge in [-0.1, -0.05) is 373 Å². The van der Waals surface area contributed by atoms with E-state index in [-0.39, 0.29) is 18.5 Å². The van der Waals surface area contributed by atoms with E-state index in [1.165, 1.54) is 340 Å². The van der Waals surface area contributed by atoms with E-state index in [1.54, 1.807) is 0 Å². The Hall–Kier alpha value is -1.14. The average Bonchev–Trinajstić information content (AvgIpc) is 3.42. The number of rotatable bonds is 67. The third kappa shape index (κ3) is 62.1. The van der Waals surface area contributed by atoms with Crippen LogP contribution in [0.15, 0.2) is 0 Å². The molecule has 0 fully saturated rings. The van der Waals surface area contributed by atoms with E-state index in [9.17, 15) is 19.8 Å². The van der Waals surface area contributed by atoms with E-state index >= 15 is 0 Å². The van der Waals surface area contributed by atoms with E-state index in [4.69, 9.17) is 4.74 Å². The van der Waals surface area contributed by atoms with Crippen molar-refractivity contribution in [1.29, 1.82) is 0 Å². The van der Waals surface area contributed by atoms with E-state index in [1.807, 2.05) is 0 Å². The molecule has 0 aliphatic carbocycles. The minimum Gasteiger partial charge on any atom is -0.466 e. The Kier molecular flexibility index (Phi) is 65.4. The number of ether oxygens (including phenoxy) is 1. The predicted molar refractivity (Wildman–Crippen MR) is 334 cm³/mol. The molecule has 0 aromatic rings. The summed E-state index contributed by atoms with van der Waals surface area (Å²) in [6.07, 6.45) is 80.0. The van der Waals surface area contributed by atoms with Crippen molar-refractivity contribution in [2.24, 2.45) is 0 Å². The number of hydrogen-bond donors (Lipinski definition) is 3. The fourth-order valence-electron chi connectivity index (χ4n) is 11.5. The van der Waals surface area contributed by atoms with Crippen LogP contribution in [0, 0.1) is 0 Å². The van der Waals surface area contributed by atoms with Gasteiger partial charge in [0.2, 0.25) is 5.91 Å². The molecule has 0 aliphatic heterocycles. The second-order valence-corrected chi connectivity index (χ2v) is 24.6. The second kappa shape index (κ2) is 66.4. The first-order valence-electron chi connectivity index (χ1n) is 35.3. The molecule has 0 aromatic heterocycles. The summed E-state index contributed by atoms with van der Waals surface area (Å²) in [5, 5.41) is 23.4. The third-order valence-corrected chi connectivity index (χ3v) is 16.9. The Bertz CT molecular complexity index is 1100. The van der Waals surface area contributed by atoms with Crippen molar-refractivity contribution in [3.8, 4) is 0 Å². The molecule has 2 unspecified atom stereocenters. The molecule has 3 N–H and O–H groups in total. The zero-order valence-electron chi connectivity index (χ0n) is 52.0. The Morgan fingerprint density at radius 2 is 0.539 bits per heavy atom. The van der Waals surface area contributed by atoms with Crippen LogP contribution in [-0.4, -0.2) is 47.4 Å². The van der Waals surface area contributed by atoms with Gasteiger partial charge in [0, 0.05) is 12.8 Å². The first kappa shape index (κ1) is 74.9. The van der Waals surface area contributed by atoms with Crippen LogP contribution in [0.1, 0.15) is 412 Å². The molecule has 0 rings (SSSR count). The van der Waals surface area contributed by atoms with Gasteiger partial charge >= 0.3 is 5.97 Å². The fraction of sp³-hybridized carbons (Fsp3) is 0.971. The van der Waals surface area contributed by atoms with Crippen LogP contribution >= 0.6 is 0 Å². The van der Waals surface area contributed by atoms with Gasteiger partial charge in [-0.3, -0.25) is 9.59 Å². The molecule has 0 bridgehead atoms. The zero-order valence-corrected chi connectivity index (χ0v) is 52.0. The number of aliphatic hydroxyl groups excluding tert-OH is 2. The van der Waals surface area contributed by atoms with Crippen molar-refractivity contribution in [2.75, 3.05) is 13.2 Å². The van der Waals surface area contributed by atoms with Crippen molar-refractivity contribution in [1.82, 2.24) is 5.32 Å². The van der Waals surface area contributed by atoms with Crippen LogP contribution in [-0.2, 0) is 14.3 Å². The molecular weight excluding hydrogens is 935 g/mol.